The van der Waals surface area contributed by atoms with E-state index in [4.69, 9.17) is 14.2 Å². The molecule has 2 rings (SSSR count). The van der Waals surface area contributed by atoms with Crippen molar-refractivity contribution in [3.63, 3.8) is 0 Å². The van der Waals surface area contributed by atoms with Crippen molar-refractivity contribution in [3.05, 3.63) is 17.7 Å². The molecule has 1 atom stereocenters. The number of amides is 2. The highest BCUT2D eigenvalue weighted by molar-refractivity contribution is 5.90. The van der Waals surface area contributed by atoms with Crippen LogP contribution in [0.4, 0.5) is 0 Å². The molecule has 0 aromatic heterocycles. The average molecular weight is 308 g/mol. The van der Waals surface area contributed by atoms with Gasteiger partial charge < -0.3 is 24.8 Å². The highest BCUT2D eigenvalue weighted by Crippen LogP contribution is 2.38. The molecule has 1 saturated heterocycles. The number of hydrogen-bond donors (Lipinski definition) is 2. The second kappa shape index (κ2) is 7.02. The summed E-state index contributed by atoms with van der Waals surface area (Å²) in [5, 5.41) is 5.43. The van der Waals surface area contributed by atoms with E-state index in [1.807, 2.05) is 0 Å². The highest BCUT2D eigenvalue weighted by Gasteiger charge is 2.26. The Balaban J connectivity index is 2.06. The minimum absolute atomic E-state index is 0.0899. The molecule has 120 valence electrons. The molecule has 1 aliphatic rings. The van der Waals surface area contributed by atoms with E-state index < -0.39 is 6.04 Å². The number of carbonyl (C=O) groups is 2. The van der Waals surface area contributed by atoms with Gasteiger partial charge in [-0.25, -0.2) is 0 Å². The van der Waals surface area contributed by atoms with Crippen molar-refractivity contribution in [1.29, 1.82) is 0 Å². The van der Waals surface area contributed by atoms with E-state index >= 15 is 0 Å². The fourth-order valence-electron chi connectivity index (χ4n) is 2.36. The summed E-state index contributed by atoms with van der Waals surface area (Å²) in [7, 11) is 4.60. The van der Waals surface area contributed by atoms with Gasteiger partial charge in [-0.3, -0.25) is 9.59 Å². The van der Waals surface area contributed by atoms with Crippen LogP contribution in [-0.2, 0) is 16.1 Å². The van der Waals surface area contributed by atoms with E-state index in [0.29, 0.717) is 36.6 Å². The van der Waals surface area contributed by atoms with Crippen molar-refractivity contribution in [2.24, 2.45) is 0 Å². The first kappa shape index (κ1) is 15.9. The molecular formula is C15H20N2O5. The predicted molar refractivity (Wildman–Crippen MR) is 79.1 cm³/mol. The summed E-state index contributed by atoms with van der Waals surface area (Å²) < 4.78 is 15.8. The van der Waals surface area contributed by atoms with Gasteiger partial charge in [0.25, 0.3) is 0 Å². The Labute approximate surface area is 128 Å². The van der Waals surface area contributed by atoms with Crippen molar-refractivity contribution < 1.29 is 23.8 Å². The normalized spacial score (nSPS) is 16.9. The third kappa shape index (κ3) is 3.41. The van der Waals surface area contributed by atoms with E-state index in [2.05, 4.69) is 10.6 Å². The number of ether oxygens (including phenoxy) is 3. The highest BCUT2D eigenvalue weighted by atomic mass is 16.5. The Morgan fingerprint density at radius 1 is 1.23 bits per heavy atom. The number of hydrogen-bond acceptors (Lipinski definition) is 5. The lowest BCUT2D eigenvalue weighted by Gasteiger charge is -2.15. The first-order valence-corrected chi connectivity index (χ1v) is 6.95. The molecule has 1 unspecified atom stereocenters. The summed E-state index contributed by atoms with van der Waals surface area (Å²) in [6, 6.07) is 3.10. The van der Waals surface area contributed by atoms with Gasteiger partial charge in [0, 0.05) is 13.0 Å². The van der Waals surface area contributed by atoms with Crippen molar-refractivity contribution in [2.45, 2.75) is 25.4 Å². The molecule has 0 spiro atoms. The number of rotatable bonds is 6. The van der Waals surface area contributed by atoms with E-state index in [1.165, 1.54) is 21.3 Å². The molecule has 0 aliphatic carbocycles. The minimum atomic E-state index is -0.450. The van der Waals surface area contributed by atoms with E-state index in [-0.39, 0.29) is 11.8 Å². The van der Waals surface area contributed by atoms with Crippen molar-refractivity contribution in [2.75, 3.05) is 21.3 Å². The van der Waals surface area contributed by atoms with Crippen LogP contribution in [0.2, 0.25) is 0 Å². The van der Waals surface area contributed by atoms with E-state index in [1.54, 1.807) is 12.1 Å². The summed E-state index contributed by atoms with van der Waals surface area (Å²) in [6.45, 7) is 0.307. The van der Waals surface area contributed by atoms with E-state index in [9.17, 15) is 9.59 Å². The molecule has 7 nitrogen and oxygen atoms in total. The molecule has 2 amide bonds. The van der Waals surface area contributed by atoms with Gasteiger partial charge in [-0.1, -0.05) is 0 Å². The molecule has 1 aliphatic heterocycles. The van der Waals surface area contributed by atoms with Gasteiger partial charge in [0.05, 0.1) is 21.3 Å². The van der Waals surface area contributed by atoms with Crippen molar-refractivity contribution in [3.8, 4) is 17.2 Å². The monoisotopic (exact) mass is 308 g/mol. The average Bonchev–Trinajstić information content (AvgIpc) is 2.97. The third-order valence-electron chi connectivity index (χ3n) is 3.50. The van der Waals surface area contributed by atoms with Crippen LogP contribution in [0.15, 0.2) is 12.1 Å². The van der Waals surface area contributed by atoms with Crippen molar-refractivity contribution >= 4 is 11.8 Å². The van der Waals surface area contributed by atoms with Crippen LogP contribution in [0, 0.1) is 0 Å². The second-order valence-electron chi connectivity index (χ2n) is 4.91. The van der Waals surface area contributed by atoms with Gasteiger partial charge in [0.2, 0.25) is 17.6 Å². The maximum absolute atomic E-state index is 12.0. The zero-order valence-electron chi connectivity index (χ0n) is 12.9. The molecule has 0 radical (unpaired) electrons. The van der Waals surface area contributed by atoms with Crippen LogP contribution in [0.5, 0.6) is 17.2 Å². The number of methoxy groups -OCH3 is 3. The lowest BCUT2D eigenvalue weighted by Crippen LogP contribution is -2.41. The lowest BCUT2D eigenvalue weighted by atomic mass is 10.1. The van der Waals surface area contributed by atoms with Crippen LogP contribution in [-0.4, -0.2) is 39.2 Å². The molecule has 0 saturated carbocycles. The maximum atomic E-state index is 12.0. The standard InChI is InChI=1S/C15H20N2O5/c1-20-11-6-9(7-12(21-2)14(11)22-3)8-16-15(19)10-4-5-13(18)17-10/h6-7,10H,4-5,8H2,1-3H3,(H,16,19)(H,17,18). The summed E-state index contributed by atoms with van der Waals surface area (Å²) in [4.78, 5) is 23.1. The lowest BCUT2D eigenvalue weighted by molar-refractivity contribution is -0.125. The van der Waals surface area contributed by atoms with Gasteiger partial charge in [0.1, 0.15) is 6.04 Å². The first-order chi connectivity index (χ1) is 10.6. The number of benzene rings is 1. The molecule has 22 heavy (non-hydrogen) atoms. The first-order valence-electron chi connectivity index (χ1n) is 6.95. The second-order valence-corrected chi connectivity index (χ2v) is 4.91. The fraction of sp³-hybridized carbons (Fsp3) is 0.467. The Kier molecular flexibility index (Phi) is 5.08. The molecular weight excluding hydrogens is 288 g/mol. The van der Waals surface area contributed by atoms with Crippen LogP contribution < -0.4 is 24.8 Å². The predicted octanol–water partition coefficient (Wildman–Crippen LogP) is 0.607. The maximum Gasteiger partial charge on any atom is 0.242 e. The number of nitrogens with one attached hydrogen (secondary N) is 2. The van der Waals surface area contributed by atoms with E-state index in [0.717, 1.165) is 5.56 Å². The van der Waals surface area contributed by atoms with Gasteiger partial charge in [0.15, 0.2) is 11.5 Å². The topological polar surface area (TPSA) is 85.9 Å². The Morgan fingerprint density at radius 2 is 1.86 bits per heavy atom. The Hall–Kier alpha value is -2.44. The zero-order chi connectivity index (χ0) is 16.1. The molecule has 1 fully saturated rings. The van der Waals surface area contributed by atoms with Gasteiger partial charge in [-0.15, -0.1) is 0 Å². The molecule has 1 heterocycles. The van der Waals surface area contributed by atoms with Crippen LogP contribution in [0.3, 0.4) is 0 Å². The molecule has 2 N–H and O–H groups in total. The van der Waals surface area contributed by atoms with Gasteiger partial charge in [-0.2, -0.15) is 0 Å². The minimum Gasteiger partial charge on any atom is -0.493 e. The van der Waals surface area contributed by atoms with Crippen molar-refractivity contribution in [1.82, 2.24) is 10.6 Å². The van der Waals surface area contributed by atoms with Crippen LogP contribution >= 0.6 is 0 Å². The third-order valence-corrected chi connectivity index (χ3v) is 3.50. The summed E-state index contributed by atoms with van der Waals surface area (Å²) in [5.74, 6) is 1.27. The Bertz CT molecular complexity index is 548. The zero-order valence-corrected chi connectivity index (χ0v) is 12.9. The number of carbonyl (C=O) groups excluding carboxylic acids is 2. The summed E-state index contributed by atoms with van der Waals surface area (Å²) in [6.07, 6.45) is 0.919. The van der Waals surface area contributed by atoms with Gasteiger partial charge >= 0.3 is 0 Å². The smallest absolute Gasteiger partial charge is 0.242 e. The fourth-order valence-corrected chi connectivity index (χ4v) is 2.36. The molecule has 1 aromatic rings. The quantitative estimate of drug-likeness (QED) is 0.804. The summed E-state index contributed by atoms with van der Waals surface area (Å²) >= 11 is 0. The SMILES string of the molecule is COc1cc(CNC(=O)C2CCC(=O)N2)cc(OC)c1OC. The largest absolute Gasteiger partial charge is 0.493 e. The summed E-state index contributed by atoms with van der Waals surface area (Å²) in [5.41, 5.74) is 0.812. The van der Waals surface area contributed by atoms with Gasteiger partial charge in [-0.05, 0) is 24.1 Å². The molecule has 0 bridgehead atoms. The van der Waals surface area contributed by atoms with Crippen LogP contribution in [0.1, 0.15) is 18.4 Å². The molecule has 1 aromatic carbocycles. The molecule has 7 heteroatoms. The van der Waals surface area contributed by atoms with Crippen LogP contribution in [0.25, 0.3) is 0 Å². The Morgan fingerprint density at radius 3 is 2.32 bits per heavy atom.